The van der Waals surface area contributed by atoms with E-state index in [0.29, 0.717) is 13.2 Å². The largest absolute Gasteiger partial charge is 0.379 e. The van der Waals surface area contributed by atoms with E-state index in [-0.39, 0.29) is 5.54 Å². The Labute approximate surface area is 105 Å². The molecule has 3 heteroatoms. The van der Waals surface area contributed by atoms with Crippen LogP contribution in [0.3, 0.4) is 0 Å². The van der Waals surface area contributed by atoms with E-state index in [2.05, 4.69) is 50.1 Å². The van der Waals surface area contributed by atoms with E-state index < -0.39 is 0 Å². The van der Waals surface area contributed by atoms with E-state index in [4.69, 9.17) is 10.5 Å². The Balaban J connectivity index is 2.88. The van der Waals surface area contributed by atoms with Crippen LogP contribution in [0.25, 0.3) is 0 Å². The summed E-state index contributed by atoms with van der Waals surface area (Å²) in [6, 6.07) is 8.44. The Morgan fingerprint density at radius 1 is 1.41 bits per heavy atom. The molecule has 1 aromatic rings. The van der Waals surface area contributed by atoms with E-state index in [1.54, 1.807) is 0 Å². The summed E-state index contributed by atoms with van der Waals surface area (Å²) in [5.41, 5.74) is 8.17. The van der Waals surface area contributed by atoms with E-state index in [0.717, 1.165) is 6.61 Å². The van der Waals surface area contributed by atoms with Crippen LogP contribution in [0.15, 0.2) is 24.3 Å². The number of anilines is 1. The van der Waals surface area contributed by atoms with Gasteiger partial charge in [0.25, 0.3) is 0 Å². The second kappa shape index (κ2) is 6.03. The van der Waals surface area contributed by atoms with Crippen molar-refractivity contribution >= 4 is 5.69 Å². The van der Waals surface area contributed by atoms with Gasteiger partial charge in [-0.3, -0.25) is 0 Å². The summed E-state index contributed by atoms with van der Waals surface area (Å²) in [4.78, 5) is 2.20. The molecule has 0 bridgehead atoms. The lowest BCUT2D eigenvalue weighted by Crippen LogP contribution is -2.53. The quantitative estimate of drug-likeness (QED) is 0.823. The van der Waals surface area contributed by atoms with Crippen LogP contribution in [0.1, 0.15) is 19.4 Å². The molecule has 3 nitrogen and oxygen atoms in total. The monoisotopic (exact) mass is 236 g/mol. The summed E-state index contributed by atoms with van der Waals surface area (Å²) in [6.45, 7) is 8.16. The Morgan fingerprint density at radius 2 is 2.12 bits per heavy atom. The van der Waals surface area contributed by atoms with Gasteiger partial charge in [-0.1, -0.05) is 12.1 Å². The van der Waals surface area contributed by atoms with Gasteiger partial charge in [-0.15, -0.1) is 0 Å². The molecule has 1 unspecified atom stereocenters. The maximum Gasteiger partial charge on any atom is 0.0725 e. The van der Waals surface area contributed by atoms with Gasteiger partial charge in [0.15, 0.2) is 0 Å². The zero-order valence-electron chi connectivity index (χ0n) is 11.4. The third kappa shape index (κ3) is 3.45. The molecule has 0 fully saturated rings. The van der Waals surface area contributed by atoms with Crippen LogP contribution in [0.4, 0.5) is 5.69 Å². The molecule has 0 amide bonds. The first-order valence-corrected chi connectivity index (χ1v) is 6.12. The van der Waals surface area contributed by atoms with Crippen LogP contribution in [0.5, 0.6) is 0 Å². The first-order chi connectivity index (χ1) is 8.03. The second-order valence-corrected chi connectivity index (χ2v) is 4.74. The molecule has 0 aliphatic carbocycles. The van der Waals surface area contributed by atoms with Crippen molar-refractivity contribution < 1.29 is 4.74 Å². The number of nitrogens with two attached hydrogens (primary N) is 1. The number of nitrogens with zero attached hydrogens (tertiary/aromatic N) is 1. The van der Waals surface area contributed by atoms with Crippen LogP contribution in [-0.4, -0.2) is 32.3 Å². The lowest BCUT2D eigenvalue weighted by Gasteiger charge is -2.39. The van der Waals surface area contributed by atoms with Crippen molar-refractivity contribution in [2.24, 2.45) is 5.73 Å². The Hall–Kier alpha value is -1.06. The summed E-state index contributed by atoms with van der Waals surface area (Å²) >= 11 is 0. The van der Waals surface area contributed by atoms with Crippen molar-refractivity contribution in [2.45, 2.75) is 26.3 Å². The van der Waals surface area contributed by atoms with Gasteiger partial charge in [-0.2, -0.15) is 0 Å². The zero-order chi connectivity index (χ0) is 12.9. The minimum Gasteiger partial charge on any atom is -0.379 e. The predicted octanol–water partition coefficient (Wildman–Crippen LogP) is 2.19. The summed E-state index contributed by atoms with van der Waals surface area (Å²) < 4.78 is 5.54. The molecule has 1 aromatic carbocycles. The van der Waals surface area contributed by atoms with E-state index in [1.807, 2.05) is 6.92 Å². The molecule has 17 heavy (non-hydrogen) atoms. The molecule has 0 spiro atoms. The standard InChI is InChI=1S/C14H24N2O/c1-5-17-11-14(3,10-15)16(4)13-8-6-7-12(2)9-13/h6-9H,5,10-11,15H2,1-4H3. The third-order valence-electron chi connectivity index (χ3n) is 3.26. The van der Waals surface area contributed by atoms with E-state index in [1.165, 1.54) is 11.3 Å². The molecule has 1 atom stereocenters. The first-order valence-electron chi connectivity index (χ1n) is 6.12. The lowest BCUT2D eigenvalue weighted by molar-refractivity contribution is 0.102. The van der Waals surface area contributed by atoms with Gasteiger partial charge in [0.05, 0.1) is 12.1 Å². The minimum absolute atomic E-state index is 0.163. The molecule has 2 N–H and O–H groups in total. The molecule has 0 aliphatic heterocycles. The predicted molar refractivity (Wildman–Crippen MR) is 73.5 cm³/mol. The van der Waals surface area contributed by atoms with Gasteiger partial charge in [0.2, 0.25) is 0 Å². The molecule has 0 saturated heterocycles. The van der Waals surface area contributed by atoms with Crippen molar-refractivity contribution in [3.8, 4) is 0 Å². The van der Waals surface area contributed by atoms with Crippen molar-refractivity contribution in [1.82, 2.24) is 0 Å². The first kappa shape index (κ1) is 14.0. The summed E-state index contributed by atoms with van der Waals surface area (Å²) in [7, 11) is 2.07. The number of ether oxygens (including phenoxy) is 1. The number of rotatable bonds is 6. The average Bonchev–Trinajstić information content (AvgIpc) is 2.35. The van der Waals surface area contributed by atoms with Crippen LogP contribution >= 0.6 is 0 Å². The smallest absolute Gasteiger partial charge is 0.0725 e. The van der Waals surface area contributed by atoms with Gasteiger partial charge in [0, 0.05) is 25.9 Å². The van der Waals surface area contributed by atoms with Gasteiger partial charge in [0.1, 0.15) is 0 Å². The summed E-state index contributed by atoms with van der Waals surface area (Å²) in [5, 5.41) is 0. The minimum atomic E-state index is -0.163. The molecule has 0 radical (unpaired) electrons. The third-order valence-corrected chi connectivity index (χ3v) is 3.26. The van der Waals surface area contributed by atoms with E-state index >= 15 is 0 Å². The maximum absolute atomic E-state index is 5.90. The van der Waals surface area contributed by atoms with Crippen molar-refractivity contribution in [1.29, 1.82) is 0 Å². The Kier molecular flexibility index (Phi) is 4.97. The normalized spacial score (nSPS) is 14.4. The van der Waals surface area contributed by atoms with Gasteiger partial charge >= 0.3 is 0 Å². The SMILES string of the molecule is CCOCC(C)(CN)N(C)c1cccc(C)c1. The number of aryl methyl sites for hydroxylation is 1. The number of likely N-dealkylation sites (N-methyl/N-ethyl adjacent to an activating group) is 1. The second-order valence-electron chi connectivity index (χ2n) is 4.74. The van der Waals surface area contributed by atoms with Crippen LogP contribution in [0.2, 0.25) is 0 Å². The van der Waals surface area contributed by atoms with Crippen molar-refractivity contribution in [3.63, 3.8) is 0 Å². The highest BCUT2D eigenvalue weighted by molar-refractivity contribution is 5.50. The number of hydrogen-bond acceptors (Lipinski definition) is 3. The van der Waals surface area contributed by atoms with Gasteiger partial charge < -0.3 is 15.4 Å². The fraction of sp³-hybridized carbons (Fsp3) is 0.571. The highest BCUT2D eigenvalue weighted by Crippen LogP contribution is 2.23. The van der Waals surface area contributed by atoms with Gasteiger partial charge in [-0.05, 0) is 38.5 Å². The zero-order valence-corrected chi connectivity index (χ0v) is 11.4. The topological polar surface area (TPSA) is 38.5 Å². The lowest BCUT2D eigenvalue weighted by atomic mass is 10.0. The highest BCUT2D eigenvalue weighted by atomic mass is 16.5. The molecule has 96 valence electrons. The molecule has 0 saturated carbocycles. The molecule has 1 rings (SSSR count). The average molecular weight is 236 g/mol. The summed E-state index contributed by atoms with van der Waals surface area (Å²) in [6.07, 6.45) is 0. The summed E-state index contributed by atoms with van der Waals surface area (Å²) in [5.74, 6) is 0. The maximum atomic E-state index is 5.90. The van der Waals surface area contributed by atoms with Crippen molar-refractivity contribution in [2.75, 3.05) is 31.7 Å². The van der Waals surface area contributed by atoms with Crippen LogP contribution < -0.4 is 10.6 Å². The molecule has 0 aliphatic rings. The molecular formula is C14H24N2O. The molecular weight excluding hydrogens is 212 g/mol. The fourth-order valence-electron chi connectivity index (χ4n) is 1.76. The fourth-order valence-corrected chi connectivity index (χ4v) is 1.76. The number of benzene rings is 1. The van der Waals surface area contributed by atoms with E-state index in [9.17, 15) is 0 Å². The van der Waals surface area contributed by atoms with Crippen LogP contribution in [0, 0.1) is 6.92 Å². The van der Waals surface area contributed by atoms with Gasteiger partial charge in [-0.25, -0.2) is 0 Å². The Morgan fingerprint density at radius 3 is 2.65 bits per heavy atom. The van der Waals surface area contributed by atoms with Crippen molar-refractivity contribution in [3.05, 3.63) is 29.8 Å². The molecule has 0 heterocycles. The van der Waals surface area contributed by atoms with Crippen LogP contribution in [-0.2, 0) is 4.74 Å². The molecule has 0 aromatic heterocycles. The highest BCUT2D eigenvalue weighted by Gasteiger charge is 2.28. The number of hydrogen-bond donors (Lipinski definition) is 1. The Bertz CT molecular complexity index is 354.